The first kappa shape index (κ1) is 18.9. The molecule has 148 valence electrons. The zero-order valence-corrected chi connectivity index (χ0v) is 16.3. The van der Waals surface area contributed by atoms with Gasteiger partial charge in [-0.2, -0.15) is 0 Å². The number of amides is 1. The standard InChI is InChI=1S/C22H28N4O2/c1-28-19-9-7-18(8-10-19)20-16-21(24-23-20)25-11-13-26(14-12-25)22(27)15-17-5-3-2-4-6-17/h2-10,20-21,23-24H,11-16H2,1H3. The van der Waals surface area contributed by atoms with E-state index in [2.05, 4.69) is 27.9 Å². The van der Waals surface area contributed by atoms with Crippen LogP contribution in [0.2, 0.25) is 0 Å². The molecule has 0 spiro atoms. The molecule has 28 heavy (non-hydrogen) atoms. The summed E-state index contributed by atoms with van der Waals surface area (Å²) >= 11 is 0. The van der Waals surface area contributed by atoms with E-state index < -0.39 is 0 Å². The number of methoxy groups -OCH3 is 1. The lowest BCUT2D eigenvalue weighted by molar-refractivity contribution is -0.132. The van der Waals surface area contributed by atoms with Crippen LogP contribution < -0.4 is 15.6 Å². The summed E-state index contributed by atoms with van der Waals surface area (Å²) in [6.07, 6.45) is 1.78. The molecule has 0 aliphatic carbocycles. The van der Waals surface area contributed by atoms with Crippen LogP contribution in [-0.2, 0) is 11.2 Å². The minimum Gasteiger partial charge on any atom is -0.497 e. The monoisotopic (exact) mass is 380 g/mol. The van der Waals surface area contributed by atoms with E-state index in [1.54, 1.807) is 7.11 Å². The molecule has 0 bridgehead atoms. The Kier molecular flexibility index (Phi) is 5.90. The minimum absolute atomic E-state index is 0.222. The lowest BCUT2D eigenvalue weighted by Gasteiger charge is -2.37. The van der Waals surface area contributed by atoms with Gasteiger partial charge in [-0.05, 0) is 29.7 Å². The summed E-state index contributed by atoms with van der Waals surface area (Å²) in [7, 11) is 1.69. The molecule has 6 heteroatoms. The predicted molar refractivity (Wildman–Crippen MR) is 109 cm³/mol. The molecule has 0 saturated carbocycles. The highest BCUT2D eigenvalue weighted by atomic mass is 16.5. The van der Waals surface area contributed by atoms with Crippen molar-refractivity contribution < 1.29 is 9.53 Å². The Bertz CT molecular complexity index is 773. The van der Waals surface area contributed by atoms with Crippen molar-refractivity contribution in [3.8, 4) is 5.75 Å². The number of nitrogens with zero attached hydrogens (tertiary/aromatic N) is 2. The van der Waals surface area contributed by atoms with Crippen LogP contribution in [0.1, 0.15) is 23.6 Å². The summed E-state index contributed by atoms with van der Waals surface area (Å²) in [5.74, 6) is 1.10. The molecular formula is C22H28N4O2. The van der Waals surface area contributed by atoms with Gasteiger partial charge in [0.25, 0.3) is 0 Å². The molecule has 0 aromatic heterocycles. The van der Waals surface area contributed by atoms with E-state index in [1.165, 1.54) is 5.56 Å². The maximum absolute atomic E-state index is 12.6. The molecule has 2 fully saturated rings. The molecular weight excluding hydrogens is 352 g/mol. The van der Waals surface area contributed by atoms with E-state index in [0.29, 0.717) is 12.6 Å². The van der Waals surface area contributed by atoms with E-state index >= 15 is 0 Å². The Hall–Kier alpha value is -2.41. The van der Waals surface area contributed by atoms with Crippen LogP contribution in [0.25, 0.3) is 0 Å². The van der Waals surface area contributed by atoms with Gasteiger partial charge in [0.1, 0.15) is 5.75 Å². The number of hydrazine groups is 1. The summed E-state index contributed by atoms with van der Waals surface area (Å²) in [5, 5.41) is 0. The number of hydrogen-bond acceptors (Lipinski definition) is 5. The van der Waals surface area contributed by atoms with Crippen molar-refractivity contribution in [1.29, 1.82) is 0 Å². The summed E-state index contributed by atoms with van der Waals surface area (Å²) in [6, 6.07) is 18.5. The normalized spacial score (nSPS) is 23.0. The zero-order chi connectivity index (χ0) is 19.3. The first-order valence-electron chi connectivity index (χ1n) is 9.93. The Morgan fingerprint density at radius 3 is 2.39 bits per heavy atom. The average Bonchev–Trinajstić information content (AvgIpc) is 3.25. The maximum Gasteiger partial charge on any atom is 0.227 e. The molecule has 2 N–H and O–H groups in total. The third-order valence-corrected chi connectivity index (χ3v) is 5.71. The quantitative estimate of drug-likeness (QED) is 0.830. The molecule has 2 unspecified atom stereocenters. The van der Waals surface area contributed by atoms with Gasteiger partial charge in [0.15, 0.2) is 0 Å². The van der Waals surface area contributed by atoms with Crippen molar-refractivity contribution in [2.45, 2.75) is 25.0 Å². The second-order valence-electron chi connectivity index (χ2n) is 7.45. The third-order valence-electron chi connectivity index (χ3n) is 5.71. The fourth-order valence-electron chi connectivity index (χ4n) is 4.00. The van der Waals surface area contributed by atoms with Gasteiger partial charge in [-0.3, -0.25) is 9.69 Å². The average molecular weight is 380 g/mol. The van der Waals surface area contributed by atoms with Crippen LogP contribution in [-0.4, -0.2) is 55.2 Å². The van der Waals surface area contributed by atoms with Gasteiger partial charge in [-0.1, -0.05) is 42.5 Å². The van der Waals surface area contributed by atoms with Gasteiger partial charge in [0.05, 0.1) is 19.7 Å². The van der Waals surface area contributed by atoms with Crippen molar-refractivity contribution in [2.24, 2.45) is 0 Å². The Morgan fingerprint density at radius 1 is 1.00 bits per heavy atom. The lowest BCUT2D eigenvalue weighted by atomic mass is 10.0. The van der Waals surface area contributed by atoms with Crippen molar-refractivity contribution in [3.63, 3.8) is 0 Å². The highest BCUT2D eigenvalue weighted by molar-refractivity contribution is 5.78. The molecule has 4 rings (SSSR count). The predicted octanol–water partition coefficient (Wildman–Crippen LogP) is 1.95. The van der Waals surface area contributed by atoms with Crippen molar-refractivity contribution in [1.82, 2.24) is 20.7 Å². The number of rotatable bonds is 5. The molecule has 2 aliphatic heterocycles. The number of hydrogen-bond donors (Lipinski definition) is 2. The highest BCUT2D eigenvalue weighted by Gasteiger charge is 2.32. The molecule has 2 aromatic carbocycles. The Labute approximate surface area is 166 Å². The van der Waals surface area contributed by atoms with Gasteiger partial charge in [0.2, 0.25) is 5.91 Å². The molecule has 2 saturated heterocycles. The number of carbonyl (C=O) groups is 1. The number of piperazine rings is 1. The number of benzene rings is 2. The van der Waals surface area contributed by atoms with Crippen LogP contribution >= 0.6 is 0 Å². The van der Waals surface area contributed by atoms with Gasteiger partial charge in [-0.15, -0.1) is 0 Å². The molecule has 1 amide bonds. The zero-order valence-electron chi connectivity index (χ0n) is 16.3. The first-order chi connectivity index (χ1) is 13.7. The van der Waals surface area contributed by atoms with Crippen molar-refractivity contribution in [3.05, 3.63) is 65.7 Å². The fourth-order valence-corrected chi connectivity index (χ4v) is 4.00. The van der Waals surface area contributed by atoms with E-state index in [1.807, 2.05) is 47.4 Å². The molecule has 2 heterocycles. The summed E-state index contributed by atoms with van der Waals surface area (Å²) in [4.78, 5) is 17.0. The van der Waals surface area contributed by atoms with Crippen molar-refractivity contribution >= 4 is 5.91 Å². The fraction of sp³-hybridized carbons (Fsp3) is 0.409. The smallest absolute Gasteiger partial charge is 0.227 e. The number of nitrogens with one attached hydrogen (secondary N) is 2. The molecule has 6 nitrogen and oxygen atoms in total. The lowest BCUT2D eigenvalue weighted by Crippen LogP contribution is -2.55. The van der Waals surface area contributed by atoms with Crippen LogP contribution in [0.15, 0.2) is 54.6 Å². The molecule has 0 radical (unpaired) electrons. The second kappa shape index (κ2) is 8.73. The Morgan fingerprint density at radius 2 is 1.71 bits per heavy atom. The molecule has 2 aliphatic rings. The summed E-state index contributed by atoms with van der Waals surface area (Å²) < 4.78 is 5.24. The molecule has 2 atom stereocenters. The van der Waals surface area contributed by atoms with E-state index in [0.717, 1.165) is 43.9 Å². The van der Waals surface area contributed by atoms with Gasteiger partial charge in [0, 0.05) is 32.2 Å². The van der Waals surface area contributed by atoms with Crippen LogP contribution in [0.4, 0.5) is 0 Å². The second-order valence-corrected chi connectivity index (χ2v) is 7.45. The largest absolute Gasteiger partial charge is 0.497 e. The van der Waals surface area contributed by atoms with Crippen LogP contribution in [0.3, 0.4) is 0 Å². The summed E-state index contributed by atoms with van der Waals surface area (Å²) in [6.45, 7) is 3.37. The SMILES string of the molecule is COc1ccc(C2CC(N3CCN(C(=O)Cc4ccccc4)CC3)NN2)cc1. The van der Waals surface area contributed by atoms with Crippen molar-refractivity contribution in [2.75, 3.05) is 33.3 Å². The first-order valence-corrected chi connectivity index (χ1v) is 9.93. The molecule has 2 aromatic rings. The highest BCUT2D eigenvalue weighted by Crippen LogP contribution is 2.26. The number of ether oxygens (including phenoxy) is 1. The maximum atomic E-state index is 12.6. The topological polar surface area (TPSA) is 56.8 Å². The van der Waals surface area contributed by atoms with Crippen LogP contribution in [0, 0.1) is 0 Å². The third kappa shape index (κ3) is 4.35. The van der Waals surface area contributed by atoms with Gasteiger partial charge in [-0.25, -0.2) is 10.9 Å². The van der Waals surface area contributed by atoms with Gasteiger partial charge < -0.3 is 9.64 Å². The van der Waals surface area contributed by atoms with Gasteiger partial charge >= 0.3 is 0 Å². The van der Waals surface area contributed by atoms with Crippen LogP contribution in [0.5, 0.6) is 5.75 Å². The number of carbonyl (C=O) groups excluding carboxylic acids is 1. The summed E-state index contributed by atoms with van der Waals surface area (Å²) in [5.41, 5.74) is 9.18. The minimum atomic E-state index is 0.222. The van der Waals surface area contributed by atoms with E-state index in [-0.39, 0.29) is 11.9 Å². The Balaban J connectivity index is 1.26. The van der Waals surface area contributed by atoms with E-state index in [9.17, 15) is 4.79 Å². The van der Waals surface area contributed by atoms with E-state index in [4.69, 9.17) is 4.74 Å².